The van der Waals surface area contributed by atoms with Crippen molar-refractivity contribution in [2.45, 2.75) is 6.92 Å². The second-order valence-corrected chi connectivity index (χ2v) is 5.25. The van der Waals surface area contributed by atoms with Gasteiger partial charge in [-0.2, -0.15) is 0 Å². The molecule has 3 rings (SSSR count). The lowest BCUT2D eigenvalue weighted by molar-refractivity contribution is 0.0945. The number of carbonyl (C=O) groups excluding carboxylic acids is 1. The van der Waals surface area contributed by atoms with Crippen LogP contribution in [0.2, 0.25) is 0 Å². The van der Waals surface area contributed by atoms with Gasteiger partial charge in [-0.25, -0.2) is 15.8 Å². The zero-order chi connectivity index (χ0) is 18.4. The Balaban J connectivity index is 1.94. The quantitative estimate of drug-likeness (QED) is 0.403. The van der Waals surface area contributed by atoms with Gasteiger partial charge in [0.1, 0.15) is 11.5 Å². The number of hydrogen-bond donors (Lipinski definition) is 2. The molecule has 0 unspecified atom stereocenters. The number of aromatic nitrogens is 2. The topological polar surface area (TPSA) is 99.4 Å². The van der Waals surface area contributed by atoms with Crippen molar-refractivity contribution in [3.8, 4) is 28.6 Å². The second-order valence-electron chi connectivity index (χ2n) is 5.25. The fraction of sp³-hybridized carbons (Fsp3) is 0.105. The van der Waals surface area contributed by atoms with E-state index in [0.29, 0.717) is 18.1 Å². The van der Waals surface area contributed by atoms with Crippen LogP contribution in [0, 0.1) is 0 Å². The average molecular weight is 350 g/mol. The number of para-hydroxylation sites is 1. The largest absolute Gasteiger partial charge is 0.494 e. The molecule has 132 valence electrons. The van der Waals surface area contributed by atoms with E-state index >= 15 is 0 Å². The summed E-state index contributed by atoms with van der Waals surface area (Å²) in [6, 6.07) is 16.4. The van der Waals surface area contributed by atoms with Crippen LogP contribution in [-0.2, 0) is 0 Å². The molecule has 3 N–H and O–H groups in total. The first kappa shape index (κ1) is 17.4. The smallest absolute Gasteiger partial charge is 0.289 e. The van der Waals surface area contributed by atoms with E-state index in [2.05, 4.69) is 15.4 Å². The van der Waals surface area contributed by atoms with E-state index in [1.807, 2.05) is 49.4 Å². The van der Waals surface area contributed by atoms with Gasteiger partial charge < -0.3 is 9.47 Å². The standard InChI is InChI=1S/C19H18N4O3/c1-2-25-14-10-8-13(9-11-14)16-12-21-19(17(22-16)18(24)23-20)26-15-6-4-3-5-7-15/h3-12H,2,20H2,1H3,(H,23,24). The first-order valence-electron chi connectivity index (χ1n) is 8.05. The number of amides is 1. The number of nitrogen functional groups attached to an aromatic ring is 1. The molecular formula is C19H18N4O3. The summed E-state index contributed by atoms with van der Waals surface area (Å²) in [5.74, 6) is 6.06. The van der Waals surface area contributed by atoms with Crippen molar-refractivity contribution in [1.82, 2.24) is 15.4 Å². The van der Waals surface area contributed by atoms with Crippen molar-refractivity contribution < 1.29 is 14.3 Å². The molecule has 1 amide bonds. The molecule has 7 nitrogen and oxygen atoms in total. The monoisotopic (exact) mass is 350 g/mol. The summed E-state index contributed by atoms with van der Waals surface area (Å²) in [6.07, 6.45) is 1.54. The van der Waals surface area contributed by atoms with E-state index in [9.17, 15) is 4.79 Å². The number of hydrogen-bond acceptors (Lipinski definition) is 6. The maximum atomic E-state index is 12.1. The van der Waals surface area contributed by atoms with E-state index in [4.69, 9.17) is 15.3 Å². The molecule has 3 aromatic rings. The minimum absolute atomic E-state index is 0.00253. The van der Waals surface area contributed by atoms with Crippen molar-refractivity contribution in [2.75, 3.05) is 6.61 Å². The summed E-state index contributed by atoms with van der Waals surface area (Å²) in [6.45, 7) is 2.51. The van der Waals surface area contributed by atoms with Crippen LogP contribution >= 0.6 is 0 Å². The van der Waals surface area contributed by atoms with Crippen LogP contribution < -0.4 is 20.7 Å². The lowest BCUT2D eigenvalue weighted by atomic mass is 10.1. The van der Waals surface area contributed by atoms with Crippen molar-refractivity contribution in [2.24, 2.45) is 5.84 Å². The van der Waals surface area contributed by atoms with E-state index in [0.717, 1.165) is 11.3 Å². The third-order valence-electron chi connectivity index (χ3n) is 3.50. The van der Waals surface area contributed by atoms with Gasteiger partial charge in [0, 0.05) is 5.56 Å². The number of nitrogens with two attached hydrogens (primary N) is 1. The highest BCUT2D eigenvalue weighted by atomic mass is 16.5. The van der Waals surface area contributed by atoms with Crippen LogP contribution in [0.5, 0.6) is 17.4 Å². The number of hydrazine groups is 1. The van der Waals surface area contributed by atoms with Crippen LogP contribution in [0.25, 0.3) is 11.3 Å². The Labute approximate surface area is 150 Å². The van der Waals surface area contributed by atoms with Crippen molar-refractivity contribution in [3.05, 3.63) is 66.5 Å². The van der Waals surface area contributed by atoms with E-state index in [1.165, 1.54) is 0 Å². The Morgan fingerprint density at radius 2 is 1.81 bits per heavy atom. The molecule has 1 aromatic heterocycles. The van der Waals surface area contributed by atoms with Crippen LogP contribution in [-0.4, -0.2) is 22.5 Å². The minimum Gasteiger partial charge on any atom is -0.494 e. The zero-order valence-corrected chi connectivity index (χ0v) is 14.2. The number of nitrogens with zero attached hydrogens (tertiary/aromatic N) is 2. The van der Waals surface area contributed by atoms with Gasteiger partial charge in [0.25, 0.3) is 11.8 Å². The van der Waals surface area contributed by atoms with Gasteiger partial charge >= 0.3 is 0 Å². The summed E-state index contributed by atoms with van der Waals surface area (Å²) < 4.78 is 11.1. The Bertz CT molecular complexity index is 883. The fourth-order valence-electron chi connectivity index (χ4n) is 2.30. The predicted molar refractivity (Wildman–Crippen MR) is 96.8 cm³/mol. The van der Waals surface area contributed by atoms with Gasteiger partial charge in [-0.3, -0.25) is 10.2 Å². The summed E-state index contributed by atoms with van der Waals surface area (Å²) in [4.78, 5) is 20.7. The van der Waals surface area contributed by atoms with Gasteiger partial charge in [0.15, 0.2) is 5.69 Å². The molecule has 0 fully saturated rings. The number of benzene rings is 2. The first-order chi connectivity index (χ1) is 12.7. The van der Waals surface area contributed by atoms with E-state index < -0.39 is 5.91 Å². The van der Waals surface area contributed by atoms with Gasteiger partial charge in [-0.15, -0.1) is 0 Å². The average Bonchev–Trinajstić information content (AvgIpc) is 2.69. The predicted octanol–water partition coefficient (Wildman–Crippen LogP) is 2.94. The van der Waals surface area contributed by atoms with E-state index in [1.54, 1.807) is 18.3 Å². The molecule has 0 atom stereocenters. The summed E-state index contributed by atoms with van der Waals surface area (Å²) in [5.41, 5.74) is 3.38. The fourth-order valence-corrected chi connectivity index (χ4v) is 2.30. The van der Waals surface area contributed by atoms with Crippen molar-refractivity contribution in [3.63, 3.8) is 0 Å². The van der Waals surface area contributed by atoms with Crippen LogP contribution in [0.4, 0.5) is 0 Å². The van der Waals surface area contributed by atoms with Crippen LogP contribution in [0.1, 0.15) is 17.4 Å². The maximum absolute atomic E-state index is 12.1. The number of nitrogens with one attached hydrogen (secondary N) is 1. The van der Waals surface area contributed by atoms with Gasteiger partial charge in [0.2, 0.25) is 0 Å². The molecule has 2 aromatic carbocycles. The molecule has 0 radical (unpaired) electrons. The van der Waals surface area contributed by atoms with Crippen LogP contribution in [0.3, 0.4) is 0 Å². The number of carbonyl (C=O) groups is 1. The van der Waals surface area contributed by atoms with Gasteiger partial charge in [-0.05, 0) is 43.3 Å². The molecular weight excluding hydrogens is 332 g/mol. The highest BCUT2D eigenvalue weighted by Crippen LogP contribution is 2.26. The van der Waals surface area contributed by atoms with Gasteiger partial charge in [0.05, 0.1) is 18.5 Å². The lowest BCUT2D eigenvalue weighted by Crippen LogP contribution is -2.31. The summed E-state index contributed by atoms with van der Waals surface area (Å²) in [7, 11) is 0. The van der Waals surface area contributed by atoms with Crippen molar-refractivity contribution >= 4 is 5.91 Å². The van der Waals surface area contributed by atoms with Crippen LogP contribution in [0.15, 0.2) is 60.8 Å². The number of rotatable bonds is 6. The minimum atomic E-state index is -0.587. The third kappa shape index (κ3) is 3.96. The molecule has 0 bridgehead atoms. The molecule has 1 heterocycles. The Hall–Kier alpha value is -3.45. The highest BCUT2D eigenvalue weighted by Gasteiger charge is 2.18. The molecule has 7 heteroatoms. The molecule has 0 saturated heterocycles. The van der Waals surface area contributed by atoms with Crippen molar-refractivity contribution in [1.29, 1.82) is 0 Å². The Morgan fingerprint density at radius 3 is 2.46 bits per heavy atom. The normalized spacial score (nSPS) is 10.2. The zero-order valence-electron chi connectivity index (χ0n) is 14.2. The second kappa shape index (κ2) is 8.09. The Morgan fingerprint density at radius 1 is 1.08 bits per heavy atom. The molecule has 0 spiro atoms. The molecule has 26 heavy (non-hydrogen) atoms. The Kier molecular flexibility index (Phi) is 5.40. The highest BCUT2D eigenvalue weighted by molar-refractivity contribution is 5.94. The summed E-state index contributed by atoms with van der Waals surface area (Å²) >= 11 is 0. The summed E-state index contributed by atoms with van der Waals surface area (Å²) in [5, 5.41) is 0. The lowest BCUT2D eigenvalue weighted by Gasteiger charge is -2.10. The SMILES string of the molecule is CCOc1ccc(-c2cnc(Oc3ccccc3)c(C(=O)NN)n2)cc1. The van der Waals surface area contributed by atoms with Gasteiger partial charge in [-0.1, -0.05) is 18.2 Å². The third-order valence-corrected chi connectivity index (χ3v) is 3.50. The molecule has 0 aliphatic rings. The first-order valence-corrected chi connectivity index (χ1v) is 8.05. The number of ether oxygens (including phenoxy) is 2. The molecule has 0 saturated carbocycles. The maximum Gasteiger partial charge on any atom is 0.289 e. The molecule has 0 aliphatic heterocycles. The molecule has 0 aliphatic carbocycles. The van der Waals surface area contributed by atoms with E-state index in [-0.39, 0.29) is 11.6 Å².